The first-order valence-corrected chi connectivity index (χ1v) is 10.5. The predicted molar refractivity (Wildman–Crippen MR) is 111 cm³/mol. The minimum absolute atomic E-state index is 0.114. The highest BCUT2D eigenvalue weighted by molar-refractivity contribution is 7.22. The first-order valence-electron chi connectivity index (χ1n) is 9.28. The molecule has 0 bridgehead atoms. The van der Waals surface area contributed by atoms with Crippen LogP contribution in [0.4, 0.5) is 23.1 Å². The highest BCUT2D eigenvalue weighted by atomic mass is 35.5. The molecule has 1 fully saturated rings. The van der Waals surface area contributed by atoms with Crippen LogP contribution in [0.2, 0.25) is 5.15 Å². The van der Waals surface area contributed by atoms with E-state index >= 15 is 0 Å². The molecule has 1 aliphatic heterocycles. The second-order valence-corrected chi connectivity index (χ2v) is 8.43. The third kappa shape index (κ3) is 3.99. The summed E-state index contributed by atoms with van der Waals surface area (Å²) in [4.78, 5) is 25.9. The van der Waals surface area contributed by atoms with Crippen LogP contribution in [0.3, 0.4) is 0 Å². The molecule has 1 aromatic carbocycles. The highest BCUT2D eigenvalue weighted by Gasteiger charge is 2.59. The molecule has 0 spiro atoms. The average Bonchev–Trinajstić information content (AvgIpc) is 3.14. The van der Waals surface area contributed by atoms with Gasteiger partial charge in [-0.2, -0.15) is 13.2 Å². The number of likely N-dealkylation sites (tertiary alicyclic amines) is 1. The fourth-order valence-electron chi connectivity index (χ4n) is 3.64. The van der Waals surface area contributed by atoms with Gasteiger partial charge in [0.1, 0.15) is 11.2 Å². The van der Waals surface area contributed by atoms with E-state index in [0.29, 0.717) is 16.4 Å². The summed E-state index contributed by atoms with van der Waals surface area (Å²) >= 11 is 7.19. The zero-order chi connectivity index (χ0) is 22.2. The maximum absolute atomic E-state index is 14.1. The summed E-state index contributed by atoms with van der Waals surface area (Å²) in [7, 11) is 1.55. The molecule has 0 saturated carbocycles. The number of benzene rings is 1. The van der Waals surface area contributed by atoms with Crippen LogP contribution in [-0.4, -0.2) is 52.3 Å². The molecular formula is C19H17ClF3N5O2S. The Morgan fingerprint density at radius 1 is 1.26 bits per heavy atom. The van der Waals surface area contributed by atoms with Gasteiger partial charge in [-0.3, -0.25) is 10.3 Å². The number of thiazole rings is 1. The number of ether oxygens (including phenoxy) is 1. The molecule has 4 rings (SSSR count). The Morgan fingerprint density at radius 2 is 1.97 bits per heavy atom. The van der Waals surface area contributed by atoms with Gasteiger partial charge in [-0.05, 0) is 31.0 Å². The first kappa shape index (κ1) is 21.6. The molecule has 3 heterocycles. The smallest absolute Gasteiger partial charge is 0.400 e. The zero-order valence-corrected chi connectivity index (χ0v) is 17.8. The lowest BCUT2D eigenvalue weighted by atomic mass is 9.75. The molecule has 1 aliphatic rings. The summed E-state index contributed by atoms with van der Waals surface area (Å²) in [6.07, 6.45) is -2.87. The number of piperidine rings is 1. The summed E-state index contributed by atoms with van der Waals surface area (Å²) in [5.41, 5.74) is -1.86. The summed E-state index contributed by atoms with van der Waals surface area (Å²) in [6, 6.07) is 4.81. The number of fused-ring (bicyclic) bond motifs is 1. The van der Waals surface area contributed by atoms with Gasteiger partial charge in [-0.15, -0.1) is 0 Å². The van der Waals surface area contributed by atoms with Crippen molar-refractivity contribution in [3.63, 3.8) is 0 Å². The number of rotatable bonds is 3. The first-order chi connectivity index (χ1) is 14.7. The Kier molecular flexibility index (Phi) is 5.65. The standard InChI is InChI=1S/C19H17ClF3N5O2S/c1-30-11-2-3-12-13(10-11)31-16(26-12)27-17(29)28-8-4-18(5-9-28,19(21,22)23)14-15(20)25-7-6-24-14/h2-3,6-7,10H,4-5,8-9H2,1H3,(H,26,27,29). The molecule has 2 amide bonds. The van der Waals surface area contributed by atoms with Gasteiger partial charge in [-0.1, -0.05) is 22.9 Å². The van der Waals surface area contributed by atoms with Gasteiger partial charge in [0.05, 0.1) is 23.0 Å². The fourth-order valence-corrected chi connectivity index (χ4v) is 4.81. The number of alkyl halides is 3. The van der Waals surface area contributed by atoms with Crippen molar-refractivity contribution >= 4 is 44.3 Å². The Hall–Kier alpha value is -2.66. The molecular weight excluding hydrogens is 455 g/mol. The van der Waals surface area contributed by atoms with E-state index in [4.69, 9.17) is 16.3 Å². The predicted octanol–water partition coefficient (Wildman–Crippen LogP) is 4.88. The minimum Gasteiger partial charge on any atom is -0.497 e. The van der Waals surface area contributed by atoms with Crippen LogP contribution in [0.1, 0.15) is 18.5 Å². The van der Waals surface area contributed by atoms with Crippen molar-refractivity contribution in [2.75, 3.05) is 25.5 Å². The van der Waals surface area contributed by atoms with Crippen LogP contribution in [-0.2, 0) is 5.41 Å². The van der Waals surface area contributed by atoms with Gasteiger partial charge in [-0.25, -0.2) is 14.8 Å². The van der Waals surface area contributed by atoms with Crippen molar-refractivity contribution in [2.45, 2.75) is 24.4 Å². The normalized spacial score (nSPS) is 16.4. The Balaban J connectivity index is 1.49. The average molecular weight is 472 g/mol. The molecule has 7 nitrogen and oxygen atoms in total. The lowest BCUT2D eigenvalue weighted by Crippen LogP contribution is -2.53. The van der Waals surface area contributed by atoms with E-state index in [2.05, 4.69) is 20.3 Å². The number of amides is 2. The number of urea groups is 1. The van der Waals surface area contributed by atoms with Crippen molar-refractivity contribution < 1.29 is 22.7 Å². The number of nitrogens with zero attached hydrogens (tertiary/aromatic N) is 4. The number of anilines is 1. The van der Waals surface area contributed by atoms with Gasteiger partial charge >= 0.3 is 12.2 Å². The van der Waals surface area contributed by atoms with Crippen molar-refractivity contribution in [1.82, 2.24) is 19.9 Å². The Bertz CT molecular complexity index is 1120. The number of carbonyl (C=O) groups excluding carboxylic acids is 1. The van der Waals surface area contributed by atoms with E-state index in [9.17, 15) is 18.0 Å². The van der Waals surface area contributed by atoms with Gasteiger partial charge in [0.15, 0.2) is 10.3 Å². The van der Waals surface area contributed by atoms with E-state index < -0.39 is 17.6 Å². The third-order valence-corrected chi connectivity index (χ3v) is 6.57. The van der Waals surface area contributed by atoms with Crippen LogP contribution in [0.5, 0.6) is 5.75 Å². The molecule has 3 aromatic rings. The van der Waals surface area contributed by atoms with Crippen LogP contribution in [0, 0.1) is 0 Å². The largest absolute Gasteiger partial charge is 0.497 e. The van der Waals surface area contributed by atoms with Crippen molar-refractivity contribution in [1.29, 1.82) is 0 Å². The molecule has 31 heavy (non-hydrogen) atoms. The topological polar surface area (TPSA) is 80.2 Å². The van der Waals surface area contributed by atoms with Crippen LogP contribution in [0.15, 0.2) is 30.6 Å². The lowest BCUT2D eigenvalue weighted by Gasteiger charge is -2.42. The summed E-state index contributed by atoms with van der Waals surface area (Å²) in [5, 5.41) is 2.76. The molecule has 1 N–H and O–H groups in total. The molecule has 0 radical (unpaired) electrons. The summed E-state index contributed by atoms with van der Waals surface area (Å²) < 4.78 is 48.2. The van der Waals surface area contributed by atoms with Crippen molar-refractivity contribution in [3.8, 4) is 5.75 Å². The number of carbonyl (C=O) groups is 1. The van der Waals surface area contributed by atoms with E-state index in [0.717, 1.165) is 4.70 Å². The van der Waals surface area contributed by atoms with Crippen molar-refractivity contribution in [3.05, 3.63) is 41.4 Å². The number of methoxy groups -OCH3 is 1. The van der Waals surface area contributed by atoms with Gasteiger partial charge in [0.2, 0.25) is 0 Å². The Morgan fingerprint density at radius 3 is 2.61 bits per heavy atom. The van der Waals surface area contributed by atoms with Gasteiger partial charge < -0.3 is 9.64 Å². The number of hydrogen-bond donors (Lipinski definition) is 1. The molecule has 164 valence electrons. The maximum Gasteiger partial charge on any atom is 0.400 e. The molecule has 0 atom stereocenters. The molecule has 0 unspecified atom stereocenters. The molecule has 12 heteroatoms. The van der Waals surface area contributed by atoms with E-state index in [-0.39, 0.29) is 36.8 Å². The van der Waals surface area contributed by atoms with Crippen LogP contribution >= 0.6 is 22.9 Å². The summed E-state index contributed by atoms with van der Waals surface area (Å²) in [5.74, 6) is 0.663. The van der Waals surface area contributed by atoms with E-state index in [1.54, 1.807) is 25.3 Å². The number of halogens is 4. The van der Waals surface area contributed by atoms with Gasteiger partial charge in [0.25, 0.3) is 0 Å². The van der Waals surface area contributed by atoms with Crippen molar-refractivity contribution in [2.24, 2.45) is 0 Å². The number of hydrogen-bond acceptors (Lipinski definition) is 6. The fraction of sp³-hybridized carbons (Fsp3) is 0.368. The lowest BCUT2D eigenvalue weighted by molar-refractivity contribution is -0.202. The van der Waals surface area contributed by atoms with Gasteiger partial charge in [0, 0.05) is 25.5 Å². The molecule has 1 saturated heterocycles. The van der Waals surface area contributed by atoms with E-state index in [1.807, 2.05) is 0 Å². The molecule has 0 aliphatic carbocycles. The Labute approximate surface area is 184 Å². The quantitative estimate of drug-likeness (QED) is 0.589. The van der Waals surface area contributed by atoms with E-state index in [1.165, 1.54) is 28.6 Å². The second kappa shape index (κ2) is 8.12. The zero-order valence-electron chi connectivity index (χ0n) is 16.2. The SMILES string of the molecule is COc1ccc2nc(NC(=O)N3CCC(c4nccnc4Cl)(C(F)(F)F)CC3)sc2c1. The van der Waals surface area contributed by atoms with Crippen LogP contribution in [0.25, 0.3) is 10.2 Å². The third-order valence-electron chi connectivity index (χ3n) is 5.36. The summed E-state index contributed by atoms with van der Waals surface area (Å²) in [6.45, 7) is -0.228. The molecule has 2 aromatic heterocycles. The monoisotopic (exact) mass is 471 g/mol. The second-order valence-electron chi connectivity index (χ2n) is 7.05. The number of aromatic nitrogens is 3. The highest BCUT2D eigenvalue weighted by Crippen LogP contribution is 2.49. The number of nitrogens with one attached hydrogen (secondary N) is 1. The maximum atomic E-state index is 14.1. The minimum atomic E-state index is -4.58. The van der Waals surface area contributed by atoms with Crippen LogP contribution < -0.4 is 10.1 Å².